The maximum Gasteiger partial charge on any atom is 0.257 e. The molecule has 1 N–H and O–H groups in total. The smallest absolute Gasteiger partial charge is 0.257 e. The molecule has 0 bridgehead atoms. The largest absolute Gasteiger partial charge is 0.497 e. The molecule has 6 heteroatoms. The Labute approximate surface area is 205 Å². The Kier molecular flexibility index (Phi) is 7.23. The van der Waals surface area contributed by atoms with E-state index in [0.717, 1.165) is 29.7 Å². The highest BCUT2D eigenvalue weighted by Crippen LogP contribution is 2.30. The summed E-state index contributed by atoms with van der Waals surface area (Å²) in [6.07, 6.45) is 1.83. The van der Waals surface area contributed by atoms with Crippen LogP contribution in [0.4, 0.5) is 5.69 Å². The third kappa shape index (κ3) is 5.26. The maximum atomic E-state index is 13.2. The van der Waals surface area contributed by atoms with Gasteiger partial charge in [0.15, 0.2) is 0 Å². The van der Waals surface area contributed by atoms with E-state index in [0.29, 0.717) is 40.8 Å². The number of rotatable bonds is 5. The number of anilines is 1. The predicted octanol–water partition coefficient (Wildman–Crippen LogP) is 6.24. The molecule has 34 heavy (non-hydrogen) atoms. The molecule has 0 saturated carbocycles. The summed E-state index contributed by atoms with van der Waals surface area (Å²) in [6, 6.07) is 19.0. The fourth-order valence-corrected chi connectivity index (χ4v) is 4.68. The van der Waals surface area contributed by atoms with Crippen molar-refractivity contribution in [3.8, 4) is 5.75 Å². The Morgan fingerprint density at radius 2 is 1.68 bits per heavy atom. The molecule has 1 fully saturated rings. The van der Waals surface area contributed by atoms with Gasteiger partial charge in [0.2, 0.25) is 0 Å². The molecule has 0 atom stereocenters. The Morgan fingerprint density at radius 1 is 0.971 bits per heavy atom. The second-order valence-electron chi connectivity index (χ2n) is 8.81. The van der Waals surface area contributed by atoms with Crippen molar-refractivity contribution in [2.24, 2.45) is 0 Å². The van der Waals surface area contributed by atoms with E-state index in [1.165, 1.54) is 5.56 Å². The van der Waals surface area contributed by atoms with Crippen LogP contribution in [0.5, 0.6) is 5.75 Å². The minimum Gasteiger partial charge on any atom is -0.497 e. The molecule has 1 saturated heterocycles. The van der Waals surface area contributed by atoms with Gasteiger partial charge in [-0.1, -0.05) is 35.9 Å². The molecule has 0 radical (unpaired) electrons. The van der Waals surface area contributed by atoms with Gasteiger partial charge in [-0.2, -0.15) is 0 Å². The fourth-order valence-electron chi connectivity index (χ4n) is 4.36. The molecule has 176 valence electrons. The molecule has 0 unspecified atom stereocenters. The number of nitrogens with zero attached hydrogens (tertiary/aromatic N) is 1. The van der Waals surface area contributed by atoms with Crippen LogP contribution >= 0.6 is 11.6 Å². The predicted molar refractivity (Wildman–Crippen MR) is 136 cm³/mol. The van der Waals surface area contributed by atoms with Crippen LogP contribution in [-0.2, 0) is 0 Å². The van der Waals surface area contributed by atoms with Gasteiger partial charge >= 0.3 is 0 Å². The minimum absolute atomic E-state index is 0.0166. The van der Waals surface area contributed by atoms with Gasteiger partial charge in [0, 0.05) is 24.3 Å². The van der Waals surface area contributed by atoms with Crippen molar-refractivity contribution in [2.45, 2.75) is 32.6 Å². The molecule has 1 heterocycles. The summed E-state index contributed by atoms with van der Waals surface area (Å²) in [6.45, 7) is 5.22. The van der Waals surface area contributed by atoms with E-state index < -0.39 is 0 Å². The number of methoxy groups -OCH3 is 1. The topological polar surface area (TPSA) is 58.6 Å². The SMILES string of the molecule is COc1ccc(C2CCN(C(=O)c3ccc(C)c(NC(=O)c4ccc(C)cc4Cl)c3)CC2)cc1. The van der Waals surface area contributed by atoms with Crippen molar-refractivity contribution >= 4 is 29.1 Å². The maximum absolute atomic E-state index is 13.2. The van der Waals surface area contributed by atoms with Crippen molar-refractivity contribution in [3.63, 3.8) is 0 Å². The van der Waals surface area contributed by atoms with Crippen molar-refractivity contribution in [3.05, 3.63) is 93.5 Å². The van der Waals surface area contributed by atoms with Gasteiger partial charge in [0.1, 0.15) is 5.75 Å². The number of likely N-dealkylation sites (tertiary alicyclic amines) is 1. The van der Waals surface area contributed by atoms with Crippen molar-refractivity contribution in [2.75, 3.05) is 25.5 Å². The lowest BCUT2D eigenvalue weighted by molar-refractivity contribution is 0.0712. The standard InChI is InChI=1S/C28H29ClN2O3/c1-18-4-11-24(25(29)16-18)27(32)30-26-17-22(6-5-19(26)2)28(33)31-14-12-21(13-15-31)20-7-9-23(34-3)10-8-20/h4-11,16-17,21H,12-15H2,1-3H3,(H,30,32). The van der Waals surface area contributed by atoms with Crippen LogP contribution in [0.3, 0.4) is 0 Å². The molecule has 1 aliphatic heterocycles. The molecule has 1 aliphatic rings. The number of hydrogen-bond donors (Lipinski definition) is 1. The zero-order chi connectivity index (χ0) is 24.2. The first-order valence-corrected chi connectivity index (χ1v) is 11.8. The molecule has 3 aromatic carbocycles. The van der Waals surface area contributed by atoms with Crippen molar-refractivity contribution in [1.29, 1.82) is 0 Å². The van der Waals surface area contributed by atoms with Gasteiger partial charge in [-0.3, -0.25) is 9.59 Å². The second kappa shape index (κ2) is 10.3. The van der Waals surface area contributed by atoms with E-state index >= 15 is 0 Å². The van der Waals surface area contributed by atoms with E-state index in [1.54, 1.807) is 25.3 Å². The lowest BCUT2D eigenvalue weighted by Crippen LogP contribution is -2.38. The van der Waals surface area contributed by atoms with Gasteiger partial charge in [0.05, 0.1) is 17.7 Å². The lowest BCUT2D eigenvalue weighted by Gasteiger charge is -2.32. The molecule has 0 spiro atoms. The number of carbonyl (C=O) groups is 2. The van der Waals surface area contributed by atoms with Crippen molar-refractivity contribution < 1.29 is 14.3 Å². The van der Waals surface area contributed by atoms with E-state index in [1.807, 2.05) is 49.1 Å². The quantitative estimate of drug-likeness (QED) is 0.474. The van der Waals surface area contributed by atoms with Gasteiger partial charge in [-0.05, 0) is 85.7 Å². The number of aryl methyl sites for hydroxylation is 2. The van der Waals surface area contributed by atoms with Crippen LogP contribution < -0.4 is 10.1 Å². The number of nitrogens with one attached hydrogen (secondary N) is 1. The first-order chi connectivity index (χ1) is 16.4. The molecule has 5 nitrogen and oxygen atoms in total. The molecule has 0 aliphatic carbocycles. The summed E-state index contributed by atoms with van der Waals surface area (Å²) in [5, 5.41) is 3.32. The summed E-state index contributed by atoms with van der Waals surface area (Å²) in [5.41, 5.74) is 4.74. The molecule has 0 aromatic heterocycles. The van der Waals surface area contributed by atoms with Crippen molar-refractivity contribution in [1.82, 2.24) is 4.90 Å². The summed E-state index contributed by atoms with van der Waals surface area (Å²) in [5.74, 6) is 0.973. The number of halogens is 1. The second-order valence-corrected chi connectivity index (χ2v) is 9.21. The molecular weight excluding hydrogens is 448 g/mol. The number of benzene rings is 3. The van der Waals surface area contributed by atoms with Gasteiger partial charge in [0.25, 0.3) is 11.8 Å². The Balaban J connectivity index is 1.43. The number of hydrogen-bond acceptors (Lipinski definition) is 3. The van der Waals surface area contributed by atoms with E-state index in [2.05, 4.69) is 17.4 Å². The monoisotopic (exact) mass is 476 g/mol. The average molecular weight is 477 g/mol. The molecule has 2 amide bonds. The fraction of sp³-hybridized carbons (Fsp3) is 0.286. The van der Waals surface area contributed by atoms with E-state index in [4.69, 9.17) is 16.3 Å². The molecule has 4 rings (SSSR count). The third-order valence-electron chi connectivity index (χ3n) is 6.47. The highest BCUT2D eigenvalue weighted by atomic mass is 35.5. The zero-order valence-electron chi connectivity index (χ0n) is 19.7. The van der Waals surface area contributed by atoms with Crippen LogP contribution in [0, 0.1) is 13.8 Å². The van der Waals surface area contributed by atoms with Crippen LogP contribution in [0.1, 0.15) is 56.2 Å². The summed E-state index contributed by atoms with van der Waals surface area (Å²) < 4.78 is 5.25. The Hall–Kier alpha value is -3.31. The van der Waals surface area contributed by atoms with Gasteiger partial charge < -0.3 is 15.0 Å². The summed E-state index contributed by atoms with van der Waals surface area (Å²) >= 11 is 6.26. The van der Waals surface area contributed by atoms with Crippen LogP contribution in [0.25, 0.3) is 0 Å². The minimum atomic E-state index is -0.294. The van der Waals surface area contributed by atoms with E-state index in [9.17, 15) is 9.59 Å². The summed E-state index contributed by atoms with van der Waals surface area (Å²) in [4.78, 5) is 27.9. The molecule has 3 aromatic rings. The number of piperidine rings is 1. The number of amides is 2. The highest BCUT2D eigenvalue weighted by Gasteiger charge is 2.25. The zero-order valence-corrected chi connectivity index (χ0v) is 20.5. The first-order valence-electron chi connectivity index (χ1n) is 11.5. The normalized spacial score (nSPS) is 14.1. The van der Waals surface area contributed by atoms with E-state index in [-0.39, 0.29) is 11.8 Å². The number of ether oxygens (including phenoxy) is 1. The average Bonchev–Trinajstić information content (AvgIpc) is 2.85. The summed E-state index contributed by atoms with van der Waals surface area (Å²) in [7, 11) is 1.67. The van der Waals surface area contributed by atoms with Gasteiger partial charge in [-0.25, -0.2) is 0 Å². The van der Waals surface area contributed by atoms with Crippen LogP contribution in [0.2, 0.25) is 5.02 Å². The van der Waals surface area contributed by atoms with Crippen LogP contribution in [-0.4, -0.2) is 36.9 Å². The highest BCUT2D eigenvalue weighted by molar-refractivity contribution is 6.34. The number of carbonyl (C=O) groups excluding carboxylic acids is 2. The Bertz CT molecular complexity index is 1200. The van der Waals surface area contributed by atoms with Gasteiger partial charge in [-0.15, -0.1) is 0 Å². The van der Waals surface area contributed by atoms with Crippen LogP contribution in [0.15, 0.2) is 60.7 Å². The third-order valence-corrected chi connectivity index (χ3v) is 6.78. The molecular formula is C28H29ClN2O3. The lowest BCUT2D eigenvalue weighted by atomic mass is 9.89. The first kappa shape index (κ1) is 23.8. The Morgan fingerprint density at radius 3 is 2.32 bits per heavy atom.